The van der Waals surface area contributed by atoms with E-state index >= 15 is 0 Å². The molecule has 0 radical (unpaired) electrons. The molecule has 0 saturated heterocycles. The molecule has 0 aliphatic rings. The number of carbonyl (C=O) groups is 2. The zero-order chi connectivity index (χ0) is 19.8. The first-order valence-corrected chi connectivity index (χ1v) is 10.4. The van der Waals surface area contributed by atoms with Gasteiger partial charge in [0.2, 0.25) is 11.8 Å². The lowest BCUT2D eigenvalue weighted by molar-refractivity contribution is -0.125. The Balaban J connectivity index is 1.49. The monoisotopic (exact) mass is 417 g/mol. The summed E-state index contributed by atoms with van der Waals surface area (Å²) < 4.78 is 12.9. The van der Waals surface area contributed by atoms with Crippen LogP contribution < -0.4 is 10.6 Å². The van der Waals surface area contributed by atoms with E-state index in [0.29, 0.717) is 18.8 Å². The van der Waals surface area contributed by atoms with E-state index in [0.717, 1.165) is 0 Å². The van der Waals surface area contributed by atoms with E-state index in [2.05, 4.69) is 10.6 Å². The van der Waals surface area contributed by atoms with Gasteiger partial charge in [-0.3, -0.25) is 14.5 Å². The molecule has 2 aromatic heterocycles. The third kappa shape index (κ3) is 6.56. The molecule has 146 valence electrons. The molecule has 0 fully saturated rings. The van der Waals surface area contributed by atoms with Crippen molar-refractivity contribution in [2.45, 2.75) is 13.1 Å². The van der Waals surface area contributed by atoms with Gasteiger partial charge in [-0.05, 0) is 47.2 Å². The molecule has 2 amide bonds. The van der Waals surface area contributed by atoms with Crippen molar-refractivity contribution < 1.29 is 14.0 Å². The second kappa shape index (κ2) is 10.1. The summed E-state index contributed by atoms with van der Waals surface area (Å²) in [5.41, 5.74) is 0.484. The van der Waals surface area contributed by atoms with Crippen LogP contribution in [-0.2, 0) is 22.7 Å². The summed E-state index contributed by atoms with van der Waals surface area (Å²) in [6.07, 6.45) is 0. The molecule has 0 unspecified atom stereocenters. The Morgan fingerprint density at radius 2 is 1.50 bits per heavy atom. The molecule has 0 atom stereocenters. The number of benzene rings is 1. The number of hydrogen-bond acceptors (Lipinski definition) is 5. The van der Waals surface area contributed by atoms with Gasteiger partial charge in [-0.2, -0.15) is 0 Å². The summed E-state index contributed by atoms with van der Waals surface area (Å²) in [5.74, 6) is -0.951. The van der Waals surface area contributed by atoms with Gasteiger partial charge < -0.3 is 10.6 Å². The van der Waals surface area contributed by atoms with E-state index in [9.17, 15) is 14.0 Å². The van der Waals surface area contributed by atoms with Crippen molar-refractivity contribution in [1.29, 1.82) is 0 Å². The van der Waals surface area contributed by atoms with Crippen molar-refractivity contribution in [1.82, 2.24) is 10.2 Å². The largest absolute Gasteiger partial charge is 0.346 e. The fourth-order valence-electron chi connectivity index (χ4n) is 2.59. The average Bonchev–Trinajstić information content (AvgIpc) is 3.36. The minimum Gasteiger partial charge on any atom is -0.346 e. The predicted octanol–water partition coefficient (Wildman–Crippen LogP) is 3.71. The van der Waals surface area contributed by atoms with E-state index in [-0.39, 0.29) is 30.7 Å². The minimum atomic E-state index is -0.372. The third-order valence-electron chi connectivity index (χ3n) is 3.86. The summed E-state index contributed by atoms with van der Waals surface area (Å²) in [6, 6.07) is 13.5. The van der Waals surface area contributed by atoms with E-state index in [1.54, 1.807) is 22.7 Å². The summed E-state index contributed by atoms with van der Waals surface area (Å²) in [4.78, 5) is 28.7. The quantitative estimate of drug-likeness (QED) is 0.558. The molecule has 3 rings (SSSR count). The Hall–Kier alpha value is -2.55. The molecule has 2 N–H and O–H groups in total. The minimum absolute atomic E-state index is 0.137. The number of hydrogen-bond donors (Lipinski definition) is 2. The average molecular weight is 418 g/mol. The zero-order valence-electron chi connectivity index (χ0n) is 15.1. The van der Waals surface area contributed by atoms with E-state index in [4.69, 9.17) is 0 Å². The van der Waals surface area contributed by atoms with E-state index < -0.39 is 0 Å². The summed E-state index contributed by atoms with van der Waals surface area (Å²) >= 11 is 3.30. The Labute approximate surface area is 170 Å². The Bertz CT molecular complexity index is 845. The van der Waals surface area contributed by atoms with Crippen molar-refractivity contribution >= 4 is 40.2 Å². The highest BCUT2D eigenvalue weighted by Gasteiger charge is 2.14. The van der Waals surface area contributed by atoms with Gasteiger partial charge in [0.05, 0.1) is 13.1 Å². The summed E-state index contributed by atoms with van der Waals surface area (Å²) in [6.45, 7) is 1.40. The van der Waals surface area contributed by atoms with Gasteiger partial charge in [0.1, 0.15) is 5.82 Å². The lowest BCUT2D eigenvalue weighted by Crippen LogP contribution is -2.39. The Morgan fingerprint density at radius 3 is 2.04 bits per heavy atom. The molecule has 8 heteroatoms. The van der Waals surface area contributed by atoms with Gasteiger partial charge >= 0.3 is 0 Å². The van der Waals surface area contributed by atoms with E-state index in [1.807, 2.05) is 39.9 Å². The number of nitrogens with zero attached hydrogens (tertiary/aromatic N) is 1. The first kappa shape index (κ1) is 20.2. The molecule has 0 spiro atoms. The van der Waals surface area contributed by atoms with E-state index in [1.165, 1.54) is 34.0 Å². The van der Waals surface area contributed by atoms with Crippen molar-refractivity contribution in [3.8, 4) is 0 Å². The molecule has 5 nitrogen and oxygen atoms in total. The maximum absolute atomic E-state index is 12.9. The molecule has 2 heterocycles. The fraction of sp³-hybridized carbons (Fsp3) is 0.200. The molecular formula is C20H20FN3O2S2. The van der Waals surface area contributed by atoms with Crippen LogP contribution in [0.4, 0.5) is 10.1 Å². The molecule has 1 aromatic carbocycles. The highest BCUT2D eigenvalue weighted by molar-refractivity contribution is 7.10. The number of thiophene rings is 2. The Kier molecular flexibility index (Phi) is 7.30. The van der Waals surface area contributed by atoms with Gasteiger partial charge in [0, 0.05) is 28.5 Å². The summed E-state index contributed by atoms with van der Waals surface area (Å²) in [7, 11) is 0. The van der Waals surface area contributed by atoms with Crippen molar-refractivity contribution in [3.05, 3.63) is 74.9 Å². The fourth-order valence-corrected chi connectivity index (χ4v) is 4.08. The molecule has 0 bridgehead atoms. The van der Waals surface area contributed by atoms with Crippen molar-refractivity contribution in [2.75, 3.05) is 18.4 Å². The SMILES string of the molecule is O=C(CN(Cc1cccs1)Cc1cccs1)NCC(=O)Nc1ccc(F)cc1. The molecule has 0 aliphatic carbocycles. The van der Waals surface area contributed by atoms with Crippen molar-refractivity contribution in [2.24, 2.45) is 0 Å². The van der Waals surface area contributed by atoms with Crippen LogP contribution in [-0.4, -0.2) is 29.8 Å². The van der Waals surface area contributed by atoms with Crippen LogP contribution in [0.2, 0.25) is 0 Å². The van der Waals surface area contributed by atoms with Gasteiger partial charge in [0.15, 0.2) is 0 Å². The molecule has 0 aliphatic heterocycles. The first-order valence-electron chi connectivity index (χ1n) is 8.68. The second-order valence-corrected chi connectivity index (χ2v) is 8.20. The van der Waals surface area contributed by atoms with Gasteiger partial charge in [0.25, 0.3) is 0 Å². The number of halogens is 1. The Morgan fingerprint density at radius 1 is 0.893 bits per heavy atom. The van der Waals surface area contributed by atoms with Gasteiger partial charge in [-0.1, -0.05) is 12.1 Å². The van der Waals surface area contributed by atoms with Gasteiger partial charge in [-0.15, -0.1) is 22.7 Å². The molecule has 28 heavy (non-hydrogen) atoms. The molecule has 0 saturated carbocycles. The van der Waals surface area contributed by atoms with Crippen LogP contribution in [0.1, 0.15) is 9.75 Å². The molecule has 3 aromatic rings. The van der Waals surface area contributed by atoms with Crippen LogP contribution in [0.25, 0.3) is 0 Å². The standard InChI is InChI=1S/C20H20FN3O2S2/c21-15-5-7-16(8-6-15)23-19(25)11-22-20(26)14-24(12-17-3-1-9-27-17)13-18-4-2-10-28-18/h1-10H,11-14H2,(H,22,26)(H,23,25). The predicted molar refractivity (Wildman–Crippen MR) is 111 cm³/mol. The maximum Gasteiger partial charge on any atom is 0.243 e. The lowest BCUT2D eigenvalue weighted by atomic mass is 10.3. The van der Waals surface area contributed by atoms with Gasteiger partial charge in [-0.25, -0.2) is 4.39 Å². The van der Waals surface area contributed by atoms with Crippen LogP contribution in [0.3, 0.4) is 0 Å². The molecular weight excluding hydrogens is 397 g/mol. The maximum atomic E-state index is 12.9. The third-order valence-corrected chi connectivity index (χ3v) is 5.58. The number of anilines is 1. The first-order chi connectivity index (χ1) is 13.6. The topological polar surface area (TPSA) is 61.4 Å². The normalized spacial score (nSPS) is 10.8. The number of rotatable bonds is 9. The summed E-state index contributed by atoms with van der Waals surface area (Å²) in [5, 5.41) is 9.29. The van der Waals surface area contributed by atoms with Crippen LogP contribution in [0.5, 0.6) is 0 Å². The zero-order valence-corrected chi connectivity index (χ0v) is 16.7. The van der Waals surface area contributed by atoms with Crippen molar-refractivity contribution in [3.63, 3.8) is 0 Å². The van der Waals surface area contributed by atoms with Crippen LogP contribution in [0.15, 0.2) is 59.3 Å². The second-order valence-electron chi connectivity index (χ2n) is 6.14. The smallest absolute Gasteiger partial charge is 0.243 e. The number of amides is 2. The lowest BCUT2D eigenvalue weighted by Gasteiger charge is -2.20. The number of nitrogens with one attached hydrogen (secondary N) is 2. The van der Waals surface area contributed by atoms with Crippen LogP contribution in [0, 0.1) is 5.82 Å². The number of carbonyl (C=O) groups excluding carboxylic acids is 2. The van der Waals surface area contributed by atoms with Crippen LogP contribution >= 0.6 is 22.7 Å². The highest BCUT2D eigenvalue weighted by atomic mass is 32.1. The highest BCUT2D eigenvalue weighted by Crippen LogP contribution is 2.16.